The van der Waals surface area contributed by atoms with Crippen molar-refractivity contribution in [1.29, 1.82) is 0 Å². The lowest BCUT2D eigenvalue weighted by molar-refractivity contribution is -0.120. The summed E-state index contributed by atoms with van der Waals surface area (Å²) in [6, 6.07) is 0. The molecule has 1 fully saturated rings. The second kappa shape index (κ2) is 8.59. The van der Waals surface area contributed by atoms with Crippen molar-refractivity contribution in [3.63, 3.8) is 0 Å². The smallest absolute Gasteiger partial charge is 0.235 e. The molecule has 0 saturated carbocycles. The van der Waals surface area contributed by atoms with E-state index in [1.807, 2.05) is 13.8 Å². The summed E-state index contributed by atoms with van der Waals surface area (Å²) in [6.45, 7) is 6.31. The molecule has 3 N–H and O–H groups in total. The van der Waals surface area contributed by atoms with Gasteiger partial charge < -0.3 is 10.6 Å². The van der Waals surface area contributed by atoms with Gasteiger partial charge in [-0.25, -0.2) is 13.1 Å². The van der Waals surface area contributed by atoms with Crippen molar-refractivity contribution < 1.29 is 13.2 Å². The molecule has 1 aliphatic rings. The standard InChI is InChI=1S/C13H27N3O3S/c1-11(2)9-15-13(17)10-16-20(18,19)8-5-12-3-6-14-7-4-12/h11-12,14,16H,3-10H2,1-2H3,(H,15,17). The van der Waals surface area contributed by atoms with E-state index in [0.717, 1.165) is 25.9 Å². The van der Waals surface area contributed by atoms with Gasteiger partial charge in [0, 0.05) is 6.54 Å². The van der Waals surface area contributed by atoms with Crippen molar-refractivity contribution in [3.05, 3.63) is 0 Å². The van der Waals surface area contributed by atoms with Gasteiger partial charge in [0.1, 0.15) is 0 Å². The Morgan fingerprint density at radius 3 is 2.55 bits per heavy atom. The summed E-state index contributed by atoms with van der Waals surface area (Å²) in [5, 5.41) is 5.94. The summed E-state index contributed by atoms with van der Waals surface area (Å²) in [5.74, 6) is 0.664. The molecule has 0 aromatic carbocycles. The first-order chi connectivity index (χ1) is 9.39. The highest BCUT2D eigenvalue weighted by Gasteiger charge is 2.18. The maximum absolute atomic E-state index is 11.8. The van der Waals surface area contributed by atoms with Gasteiger partial charge in [0.25, 0.3) is 0 Å². The van der Waals surface area contributed by atoms with Crippen LogP contribution in [0.3, 0.4) is 0 Å². The molecule has 1 aliphatic heterocycles. The molecule has 1 saturated heterocycles. The molecular weight excluding hydrogens is 278 g/mol. The minimum absolute atomic E-state index is 0.106. The highest BCUT2D eigenvalue weighted by atomic mass is 32.2. The zero-order chi connectivity index (χ0) is 15.0. The van der Waals surface area contributed by atoms with Crippen molar-refractivity contribution in [2.75, 3.05) is 31.9 Å². The van der Waals surface area contributed by atoms with Crippen LogP contribution in [0.2, 0.25) is 0 Å². The van der Waals surface area contributed by atoms with Crippen molar-refractivity contribution in [2.24, 2.45) is 11.8 Å². The third-order valence-electron chi connectivity index (χ3n) is 3.41. The van der Waals surface area contributed by atoms with Gasteiger partial charge in [-0.3, -0.25) is 4.79 Å². The summed E-state index contributed by atoms with van der Waals surface area (Å²) in [7, 11) is -3.35. The minimum Gasteiger partial charge on any atom is -0.355 e. The van der Waals surface area contributed by atoms with Gasteiger partial charge in [-0.2, -0.15) is 0 Å². The fourth-order valence-electron chi connectivity index (χ4n) is 2.12. The van der Waals surface area contributed by atoms with Crippen LogP contribution in [0.15, 0.2) is 0 Å². The van der Waals surface area contributed by atoms with Crippen LogP contribution in [0.4, 0.5) is 0 Å². The Balaban J connectivity index is 2.21. The number of rotatable bonds is 8. The quantitative estimate of drug-likeness (QED) is 0.592. The number of nitrogens with one attached hydrogen (secondary N) is 3. The highest BCUT2D eigenvalue weighted by Crippen LogP contribution is 2.16. The average Bonchev–Trinajstić information content (AvgIpc) is 2.42. The van der Waals surface area contributed by atoms with Crippen molar-refractivity contribution in [1.82, 2.24) is 15.4 Å². The Morgan fingerprint density at radius 2 is 1.95 bits per heavy atom. The number of hydrogen-bond donors (Lipinski definition) is 3. The number of sulfonamides is 1. The summed E-state index contributed by atoms with van der Waals surface area (Å²) in [6.07, 6.45) is 2.74. The van der Waals surface area contributed by atoms with E-state index >= 15 is 0 Å². The lowest BCUT2D eigenvalue weighted by Crippen LogP contribution is -2.39. The van der Waals surface area contributed by atoms with Crippen LogP contribution in [-0.2, 0) is 14.8 Å². The van der Waals surface area contributed by atoms with Crippen LogP contribution in [-0.4, -0.2) is 46.3 Å². The van der Waals surface area contributed by atoms with E-state index in [-0.39, 0.29) is 18.2 Å². The Morgan fingerprint density at radius 1 is 1.30 bits per heavy atom. The lowest BCUT2D eigenvalue weighted by atomic mass is 9.96. The third-order valence-corrected chi connectivity index (χ3v) is 4.77. The third kappa shape index (κ3) is 7.81. The molecule has 0 spiro atoms. The number of piperidine rings is 1. The van der Waals surface area contributed by atoms with Crippen LogP contribution in [0, 0.1) is 11.8 Å². The molecule has 0 aromatic heterocycles. The van der Waals surface area contributed by atoms with Gasteiger partial charge in [0.15, 0.2) is 0 Å². The van der Waals surface area contributed by atoms with E-state index in [9.17, 15) is 13.2 Å². The monoisotopic (exact) mass is 305 g/mol. The van der Waals surface area contributed by atoms with Gasteiger partial charge >= 0.3 is 0 Å². The maximum atomic E-state index is 11.8. The topological polar surface area (TPSA) is 87.3 Å². The average molecular weight is 305 g/mol. The Labute approximate surface area is 122 Å². The van der Waals surface area contributed by atoms with E-state index < -0.39 is 10.0 Å². The SMILES string of the molecule is CC(C)CNC(=O)CNS(=O)(=O)CCC1CCNCC1. The van der Waals surface area contributed by atoms with Crippen molar-refractivity contribution in [3.8, 4) is 0 Å². The summed E-state index contributed by atoms with van der Waals surface area (Å²) in [5.41, 5.74) is 0. The molecule has 1 amide bonds. The maximum Gasteiger partial charge on any atom is 0.235 e. The van der Waals surface area contributed by atoms with Crippen LogP contribution in [0.1, 0.15) is 33.1 Å². The molecule has 0 unspecified atom stereocenters. The van der Waals surface area contributed by atoms with Gasteiger partial charge in [-0.1, -0.05) is 13.8 Å². The zero-order valence-electron chi connectivity index (χ0n) is 12.4. The lowest BCUT2D eigenvalue weighted by Gasteiger charge is -2.22. The van der Waals surface area contributed by atoms with E-state index in [1.54, 1.807) is 0 Å². The Bertz CT molecular complexity index is 390. The van der Waals surface area contributed by atoms with Gasteiger partial charge in [-0.05, 0) is 44.2 Å². The first-order valence-corrected chi connectivity index (χ1v) is 8.99. The molecule has 20 heavy (non-hydrogen) atoms. The van der Waals surface area contributed by atoms with Crippen LogP contribution >= 0.6 is 0 Å². The van der Waals surface area contributed by atoms with Crippen LogP contribution in [0.25, 0.3) is 0 Å². The number of hydrogen-bond acceptors (Lipinski definition) is 4. The molecule has 0 atom stereocenters. The van der Waals surface area contributed by atoms with Crippen LogP contribution in [0.5, 0.6) is 0 Å². The molecule has 1 heterocycles. The molecule has 0 bridgehead atoms. The highest BCUT2D eigenvalue weighted by molar-refractivity contribution is 7.89. The molecular formula is C13H27N3O3S. The zero-order valence-corrected chi connectivity index (χ0v) is 13.3. The van der Waals surface area contributed by atoms with Gasteiger partial charge in [-0.15, -0.1) is 0 Å². The normalized spacial score (nSPS) is 17.4. The Hall–Kier alpha value is -0.660. The molecule has 6 nitrogen and oxygen atoms in total. The largest absolute Gasteiger partial charge is 0.355 e. The predicted molar refractivity (Wildman–Crippen MR) is 79.8 cm³/mol. The van der Waals surface area contributed by atoms with Crippen LogP contribution < -0.4 is 15.4 Å². The number of carbonyl (C=O) groups is 1. The fourth-order valence-corrected chi connectivity index (χ4v) is 3.26. The minimum atomic E-state index is -3.35. The van der Waals surface area contributed by atoms with Crippen molar-refractivity contribution >= 4 is 15.9 Å². The fraction of sp³-hybridized carbons (Fsp3) is 0.923. The molecule has 1 rings (SSSR count). The molecule has 0 aromatic rings. The second-order valence-corrected chi connectivity index (χ2v) is 7.75. The molecule has 0 radical (unpaired) electrons. The van der Waals surface area contributed by atoms with Gasteiger partial charge in [0.05, 0.1) is 12.3 Å². The molecule has 118 valence electrons. The molecule has 0 aliphatic carbocycles. The second-order valence-electron chi connectivity index (χ2n) is 5.82. The molecule has 7 heteroatoms. The number of carbonyl (C=O) groups excluding carboxylic acids is 1. The van der Waals surface area contributed by atoms with E-state index in [0.29, 0.717) is 24.8 Å². The predicted octanol–water partition coefficient (Wildman–Crippen LogP) is 0.0677. The van der Waals surface area contributed by atoms with Gasteiger partial charge in [0.2, 0.25) is 15.9 Å². The summed E-state index contributed by atoms with van der Waals surface area (Å²) >= 11 is 0. The summed E-state index contributed by atoms with van der Waals surface area (Å²) < 4.78 is 26.0. The Kier molecular flexibility index (Phi) is 7.47. The van der Waals surface area contributed by atoms with Crippen molar-refractivity contribution in [2.45, 2.75) is 33.1 Å². The van der Waals surface area contributed by atoms with E-state index in [1.165, 1.54) is 0 Å². The summed E-state index contributed by atoms with van der Waals surface area (Å²) in [4.78, 5) is 11.5. The van der Waals surface area contributed by atoms with E-state index in [4.69, 9.17) is 0 Å². The first kappa shape index (κ1) is 17.4. The van der Waals surface area contributed by atoms with E-state index in [2.05, 4.69) is 15.4 Å². The number of amides is 1. The first-order valence-electron chi connectivity index (χ1n) is 7.34.